The van der Waals surface area contributed by atoms with E-state index in [0.29, 0.717) is 18.6 Å². The van der Waals surface area contributed by atoms with Gasteiger partial charge in [0.1, 0.15) is 0 Å². The van der Waals surface area contributed by atoms with Gasteiger partial charge in [-0.15, -0.1) is 0 Å². The number of rotatable bonds is 3. The summed E-state index contributed by atoms with van der Waals surface area (Å²) in [7, 11) is 0. The zero-order valence-corrected chi connectivity index (χ0v) is 11.6. The van der Waals surface area contributed by atoms with Crippen LogP contribution in [0.2, 0.25) is 0 Å². The SMILES string of the molecule is C[C@H]1CN(CC(=O)NC2CCCCCC2)CCN1. The van der Waals surface area contributed by atoms with Crippen molar-refractivity contribution in [1.29, 1.82) is 0 Å². The van der Waals surface area contributed by atoms with Gasteiger partial charge in [0, 0.05) is 31.7 Å². The van der Waals surface area contributed by atoms with Gasteiger partial charge in [-0.05, 0) is 19.8 Å². The third kappa shape index (κ3) is 4.58. The van der Waals surface area contributed by atoms with Crippen molar-refractivity contribution >= 4 is 5.91 Å². The number of carbonyl (C=O) groups excluding carboxylic acids is 1. The van der Waals surface area contributed by atoms with Gasteiger partial charge in [0.2, 0.25) is 5.91 Å². The highest BCUT2D eigenvalue weighted by Crippen LogP contribution is 2.17. The summed E-state index contributed by atoms with van der Waals surface area (Å²) < 4.78 is 0. The van der Waals surface area contributed by atoms with E-state index in [1.165, 1.54) is 38.5 Å². The highest BCUT2D eigenvalue weighted by atomic mass is 16.2. The van der Waals surface area contributed by atoms with Crippen molar-refractivity contribution < 1.29 is 4.79 Å². The molecule has 0 radical (unpaired) electrons. The average Bonchev–Trinajstić information content (AvgIpc) is 2.57. The van der Waals surface area contributed by atoms with Crippen molar-refractivity contribution in [2.24, 2.45) is 0 Å². The Morgan fingerprint density at radius 2 is 2.00 bits per heavy atom. The second-order valence-corrected chi connectivity index (χ2v) is 5.85. The number of nitrogens with zero attached hydrogens (tertiary/aromatic N) is 1. The Hall–Kier alpha value is -0.610. The van der Waals surface area contributed by atoms with E-state index < -0.39 is 0 Å². The molecule has 18 heavy (non-hydrogen) atoms. The van der Waals surface area contributed by atoms with E-state index >= 15 is 0 Å². The third-order valence-corrected chi connectivity index (χ3v) is 4.04. The maximum absolute atomic E-state index is 12.0. The molecule has 1 atom stereocenters. The van der Waals surface area contributed by atoms with Crippen LogP contribution in [0.4, 0.5) is 0 Å². The van der Waals surface area contributed by atoms with Crippen LogP contribution in [0.1, 0.15) is 45.4 Å². The molecule has 0 aromatic heterocycles. The smallest absolute Gasteiger partial charge is 0.234 e. The van der Waals surface area contributed by atoms with Crippen LogP contribution < -0.4 is 10.6 Å². The van der Waals surface area contributed by atoms with Crippen LogP contribution in [0.5, 0.6) is 0 Å². The predicted octanol–water partition coefficient (Wildman–Crippen LogP) is 1.12. The van der Waals surface area contributed by atoms with E-state index in [4.69, 9.17) is 0 Å². The minimum atomic E-state index is 0.219. The molecule has 1 saturated heterocycles. The molecular weight excluding hydrogens is 226 g/mol. The monoisotopic (exact) mass is 253 g/mol. The molecule has 2 rings (SSSR count). The third-order valence-electron chi connectivity index (χ3n) is 4.04. The van der Waals surface area contributed by atoms with Crippen molar-refractivity contribution in [2.45, 2.75) is 57.5 Å². The van der Waals surface area contributed by atoms with Crippen LogP contribution in [-0.4, -0.2) is 49.1 Å². The summed E-state index contributed by atoms with van der Waals surface area (Å²) in [5, 5.41) is 6.62. The van der Waals surface area contributed by atoms with E-state index in [-0.39, 0.29) is 5.91 Å². The Labute approximate surface area is 110 Å². The fourth-order valence-corrected chi connectivity index (χ4v) is 3.06. The molecular formula is C14H27N3O. The summed E-state index contributed by atoms with van der Waals surface area (Å²) in [6.07, 6.45) is 7.56. The quantitative estimate of drug-likeness (QED) is 0.741. The maximum atomic E-state index is 12.0. The molecule has 1 heterocycles. The minimum Gasteiger partial charge on any atom is -0.352 e. The fourth-order valence-electron chi connectivity index (χ4n) is 3.06. The molecule has 0 spiro atoms. The molecule has 104 valence electrons. The highest BCUT2D eigenvalue weighted by Gasteiger charge is 2.20. The van der Waals surface area contributed by atoms with Crippen molar-refractivity contribution in [1.82, 2.24) is 15.5 Å². The first kappa shape index (κ1) is 13.8. The van der Waals surface area contributed by atoms with Gasteiger partial charge in [0.25, 0.3) is 0 Å². The summed E-state index contributed by atoms with van der Waals surface area (Å²) in [6, 6.07) is 0.935. The van der Waals surface area contributed by atoms with Gasteiger partial charge in [-0.2, -0.15) is 0 Å². The molecule has 0 aromatic rings. The molecule has 2 fully saturated rings. The number of amides is 1. The first-order valence-electron chi connectivity index (χ1n) is 7.49. The summed E-state index contributed by atoms with van der Waals surface area (Å²) >= 11 is 0. The minimum absolute atomic E-state index is 0.219. The number of piperazine rings is 1. The Balaban J connectivity index is 1.70. The van der Waals surface area contributed by atoms with Gasteiger partial charge in [0.05, 0.1) is 6.54 Å². The molecule has 0 aromatic carbocycles. The molecule has 4 nitrogen and oxygen atoms in total. The molecule has 1 saturated carbocycles. The van der Waals surface area contributed by atoms with Crippen LogP contribution in [0, 0.1) is 0 Å². The van der Waals surface area contributed by atoms with Crippen LogP contribution in [-0.2, 0) is 4.79 Å². The lowest BCUT2D eigenvalue weighted by atomic mass is 10.1. The van der Waals surface area contributed by atoms with Crippen molar-refractivity contribution in [2.75, 3.05) is 26.2 Å². The molecule has 4 heteroatoms. The lowest BCUT2D eigenvalue weighted by molar-refractivity contribution is -0.123. The second kappa shape index (κ2) is 7.10. The second-order valence-electron chi connectivity index (χ2n) is 5.85. The first-order valence-corrected chi connectivity index (χ1v) is 7.49. The van der Waals surface area contributed by atoms with E-state index in [1.807, 2.05) is 0 Å². The topological polar surface area (TPSA) is 44.4 Å². The fraction of sp³-hybridized carbons (Fsp3) is 0.929. The van der Waals surface area contributed by atoms with Gasteiger partial charge in [-0.1, -0.05) is 25.7 Å². The number of hydrogen-bond donors (Lipinski definition) is 2. The summed E-state index contributed by atoms with van der Waals surface area (Å²) in [5.74, 6) is 0.219. The highest BCUT2D eigenvalue weighted by molar-refractivity contribution is 5.78. The molecule has 1 aliphatic heterocycles. The van der Waals surface area contributed by atoms with Crippen molar-refractivity contribution in [3.8, 4) is 0 Å². The average molecular weight is 253 g/mol. The van der Waals surface area contributed by atoms with Crippen molar-refractivity contribution in [3.05, 3.63) is 0 Å². The first-order chi connectivity index (χ1) is 8.74. The van der Waals surface area contributed by atoms with E-state index in [1.54, 1.807) is 0 Å². The summed E-state index contributed by atoms with van der Waals surface area (Å²) in [6.45, 7) is 5.72. The van der Waals surface area contributed by atoms with E-state index in [0.717, 1.165) is 19.6 Å². The van der Waals surface area contributed by atoms with Gasteiger partial charge in [-0.3, -0.25) is 9.69 Å². The predicted molar refractivity (Wildman–Crippen MR) is 73.5 cm³/mol. The maximum Gasteiger partial charge on any atom is 0.234 e. The van der Waals surface area contributed by atoms with Gasteiger partial charge in [-0.25, -0.2) is 0 Å². The number of carbonyl (C=O) groups is 1. The molecule has 1 amide bonds. The zero-order chi connectivity index (χ0) is 12.8. The molecule has 0 unspecified atom stereocenters. The van der Waals surface area contributed by atoms with Gasteiger partial charge >= 0.3 is 0 Å². The standard InChI is InChI=1S/C14H27N3O/c1-12-10-17(9-8-15-12)11-14(18)16-13-6-4-2-3-5-7-13/h12-13,15H,2-11H2,1H3,(H,16,18)/t12-/m0/s1. The number of hydrogen-bond acceptors (Lipinski definition) is 3. The Bertz CT molecular complexity index is 256. The van der Waals surface area contributed by atoms with Crippen LogP contribution in [0.15, 0.2) is 0 Å². The molecule has 0 bridgehead atoms. The van der Waals surface area contributed by atoms with Gasteiger partial charge < -0.3 is 10.6 Å². The lowest BCUT2D eigenvalue weighted by Crippen LogP contribution is -2.52. The Morgan fingerprint density at radius 1 is 1.28 bits per heavy atom. The lowest BCUT2D eigenvalue weighted by Gasteiger charge is -2.31. The normalized spacial score (nSPS) is 27.7. The van der Waals surface area contributed by atoms with E-state index in [9.17, 15) is 4.79 Å². The van der Waals surface area contributed by atoms with Crippen LogP contribution in [0.3, 0.4) is 0 Å². The van der Waals surface area contributed by atoms with Gasteiger partial charge in [0.15, 0.2) is 0 Å². The summed E-state index contributed by atoms with van der Waals surface area (Å²) in [5.41, 5.74) is 0. The Kier molecular flexibility index (Phi) is 5.45. The Morgan fingerprint density at radius 3 is 2.67 bits per heavy atom. The molecule has 1 aliphatic carbocycles. The molecule has 2 N–H and O–H groups in total. The van der Waals surface area contributed by atoms with Crippen molar-refractivity contribution in [3.63, 3.8) is 0 Å². The van der Waals surface area contributed by atoms with Crippen LogP contribution in [0.25, 0.3) is 0 Å². The largest absolute Gasteiger partial charge is 0.352 e. The van der Waals surface area contributed by atoms with Crippen LogP contribution >= 0.6 is 0 Å². The number of nitrogens with one attached hydrogen (secondary N) is 2. The van der Waals surface area contributed by atoms with E-state index in [2.05, 4.69) is 22.5 Å². The molecule has 2 aliphatic rings. The zero-order valence-electron chi connectivity index (χ0n) is 11.6. The summed E-state index contributed by atoms with van der Waals surface area (Å²) in [4.78, 5) is 14.3.